The average molecular weight is 352 g/mol. The maximum atomic E-state index is 12.3. The zero-order chi connectivity index (χ0) is 16.8. The van der Waals surface area contributed by atoms with Crippen molar-refractivity contribution in [2.45, 2.75) is 32.9 Å². The van der Waals surface area contributed by atoms with Gasteiger partial charge in [-0.1, -0.05) is 54.4 Å². The molecule has 23 heavy (non-hydrogen) atoms. The fourth-order valence-electron chi connectivity index (χ4n) is 2.19. The first kappa shape index (κ1) is 17.6. The van der Waals surface area contributed by atoms with Gasteiger partial charge in [-0.05, 0) is 42.7 Å². The summed E-state index contributed by atoms with van der Waals surface area (Å²) in [6.45, 7) is 4.38. The van der Waals surface area contributed by atoms with Gasteiger partial charge in [0.1, 0.15) is 5.75 Å². The van der Waals surface area contributed by atoms with Crippen molar-refractivity contribution in [1.82, 2.24) is 5.32 Å². The van der Waals surface area contributed by atoms with E-state index in [2.05, 4.69) is 5.32 Å². The molecule has 0 saturated carbocycles. The topological polar surface area (TPSA) is 38.3 Å². The molecule has 1 N–H and O–H groups in total. The van der Waals surface area contributed by atoms with Gasteiger partial charge in [0.2, 0.25) is 0 Å². The summed E-state index contributed by atoms with van der Waals surface area (Å²) in [5.74, 6) is 0.326. The van der Waals surface area contributed by atoms with Gasteiger partial charge in [0.25, 0.3) is 5.91 Å². The Hall–Kier alpha value is -1.71. The van der Waals surface area contributed by atoms with E-state index in [4.69, 9.17) is 27.9 Å². The summed E-state index contributed by atoms with van der Waals surface area (Å²) in [5.41, 5.74) is 2.23. The van der Waals surface area contributed by atoms with E-state index < -0.39 is 6.10 Å². The molecule has 0 spiro atoms. The number of rotatable bonds is 6. The molecule has 0 radical (unpaired) electrons. The molecule has 0 fully saturated rings. The first-order chi connectivity index (χ1) is 11.0. The standard InChI is InChI=1S/C18H19Cl2NO2/c1-3-17(23-16-9-14(19)8-15(20)10-16)18(22)21-11-13-7-5-4-6-12(13)2/h4-10,17H,3,11H2,1-2H3,(H,21,22). The zero-order valence-electron chi connectivity index (χ0n) is 13.1. The molecule has 1 unspecified atom stereocenters. The Balaban J connectivity index is 1.99. The molecule has 1 amide bonds. The van der Waals surface area contributed by atoms with Crippen LogP contribution in [0.4, 0.5) is 0 Å². The first-order valence-corrected chi connectivity index (χ1v) is 8.20. The summed E-state index contributed by atoms with van der Waals surface area (Å²) in [4.78, 5) is 12.3. The van der Waals surface area contributed by atoms with E-state index in [1.54, 1.807) is 18.2 Å². The molecular formula is C18H19Cl2NO2. The smallest absolute Gasteiger partial charge is 0.261 e. The van der Waals surface area contributed by atoms with Gasteiger partial charge in [0.05, 0.1) is 0 Å². The van der Waals surface area contributed by atoms with Crippen molar-refractivity contribution < 1.29 is 9.53 Å². The van der Waals surface area contributed by atoms with E-state index in [-0.39, 0.29) is 5.91 Å². The number of hydrogen-bond acceptors (Lipinski definition) is 2. The van der Waals surface area contributed by atoms with Crippen molar-refractivity contribution in [1.29, 1.82) is 0 Å². The predicted molar refractivity (Wildman–Crippen MR) is 94.2 cm³/mol. The number of carbonyl (C=O) groups is 1. The lowest BCUT2D eigenvalue weighted by molar-refractivity contribution is -0.128. The number of hydrogen-bond donors (Lipinski definition) is 1. The number of amides is 1. The molecule has 122 valence electrons. The minimum absolute atomic E-state index is 0.160. The fourth-order valence-corrected chi connectivity index (χ4v) is 2.69. The molecular weight excluding hydrogens is 333 g/mol. The zero-order valence-corrected chi connectivity index (χ0v) is 14.6. The molecule has 0 bridgehead atoms. The number of carbonyl (C=O) groups excluding carboxylic acids is 1. The van der Waals surface area contributed by atoms with Crippen LogP contribution >= 0.6 is 23.2 Å². The second-order valence-electron chi connectivity index (χ2n) is 5.26. The highest BCUT2D eigenvalue weighted by Gasteiger charge is 2.18. The van der Waals surface area contributed by atoms with Crippen LogP contribution in [0.3, 0.4) is 0 Å². The molecule has 5 heteroatoms. The quantitative estimate of drug-likeness (QED) is 0.813. The highest BCUT2D eigenvalue weighted by Crippen LogP contribution is 2.25. The van der Waals surface area contributed by atoms with E-state index in [1.165, 1.54) is 0 Å². The van der Waals surface area contributed by atoms with Crippen LogP contribution in [0.2, 0.25) is 10.0 Å². The molecule has 3 nitrogen and oxygen atoms in total. The van der Waals surface area contributed by atoms with Gasteiger partial charge in [-0.25, -0.2) is 0 Å². The van der Waals surface area contributed by atoms with Crippen LogP contribution in [0.5, 0.6) is 5.75 Å². The summed E-state index contributed by atoms with van der Waals surface area (Å²) in [6.07, 6.45) is -0.0439. The lowest BCUT2D eigenvalue weighted by atomic mass is 10.1. The summed E-state index contributed by atoms with van der Waals surface area (Å²) in [7, 11) is 0. The Kier molecular flexibility index (Phi) is 6.31. The van der Waals surface area contributed by atoms with E-state index in [1.807, 2.05) is 38.1 Å². The minimum atomic E-state index is -0.589. The van der Waals surface area contributed by atoms with Gasteiger partial charge < -0.3 is 10.1 Å². The fraction of sp³-hybridized carbons (Fsp3) is 0.278. The molecule has 0 aliphatic rings. The number of benzene rings is 2. The highest BCUT2D eigenvalue weighted by atomic mass is 35.5. The van der Waals surface area contributed by atoms with Crippen molar-refractivity contribution in [3.8, 4) is 5.75 Å². The second kappa shape index (κ2) is 8.23. The number of ether oxygens (including phenoxy) is 1. The molecule has 0 aliphatic heterocycles. The van der Waals surface area contributed by atoms with Crippen molar-refractivity contribution in [2.75, 3.05) is 0 Å². The van der Waals surface area contributed by atoms with Crippen LogP contribution in [-0.2, 0) is 11.3 Å². The van der Waals surface area contributed by atoms with Crippen LogP contribution in [0.25, 0.3) is 0 Å². The maximum absolute atomic E-state index is 12.3. The molecule has 0 aromatic heterocycles. The number of halogens is 2. The summed E-state index contributed by atoms with van der Waals surface area (Å²) < 4.78 is 5.72. The molecule has 2 rings (SSSR count). The Bertz CT molecular complexity index is 668. The van der Waals surface area contributed by atoms with Crippen LogP contribution in [0.15, 0.2) is 42.5 Å². The lowest BCUT2D eigenvalue weighted by Crippen LogP contribution is -2.37. The Morgan fingerprint density at radius 2 is 1.83 bits per heavy atom. The average Bonchev–Trinajstić information content (AvgIpc) is 2.50. The lowest BCUT2D eigenvalue weighted by Gasteiger charge is -2.18. The minimum Gasteiger partial charge on any atom is -0.481 e. The van der Waals surface area contributed by atoms with Gasteiger partial charge in [-0.2, -0.15) is 0 Å². The van der Waals surface area contributed by atoms with Crippen LogP contribution in [0, 0.1) is 6.92 Å². The van der Waals surface area contributed by atoms with Crippen LogP contribution in [0.1, 0.15) is 24.5 Å². The first-order valence-electron chi connectivity index (χ1n) is 7.44. The van der Waals surface area contributed by atoms with Gasteiger partial charge in [-0.3, -0.25) is 4.79 Å². The third kappa shape index (κ3) is 5.15. The molecule has 2 aromatic rings. The SMILES string of the molecule is CCC(Oc1cc(Cl)cc(Cl)c1)C(=O)NCc1ccccc1C. The van der Waals surface area contributed by atoms with Crippen molar-refractivity contribution in [3.63, 3.8) is 0 Å². The monoisotopic (exact) mass is 351 g/mol. The number of aryl methyl sites for hydroxylation is 1. The Morgan fingerprint density at radius 1 is 1.17 bits per heavy atom. The normalized spacial score (nSPS) is 11.8. The molecule has 1 atom stereocenters. The summed E-state index contributed by atoms with van der Waals surface area (Å²) in [6, 6.07) is 12.8. The largest absolute Gasteiger partial charge is 0.481 e. The Labute approximate surface area is 146 Å². The summed E-state index contributed by atoms with van der Waals surface area (Å²) >= 11 is 11.9. The van der Waals surface area contributed by atoms with Crippen molar-refractivity contribution >= 4 is 29.1 Å². The van der Waals surface area contributed by atoms with Gasteiger partial charge >= 0.3 is 0 Å². The van der Waals surface area contributed by atoms with Crippen LogP contribution < -0.4 is 10.1 Å². The van der Waals surface area contributed by atoms with Gasteiger partial charge in [-0.15, -0.1) is 0 Å². The number of nitrogens with one attached hydrogen (secondary N) is 1. The van der Waals surface area contributed by atoms with E-state index >= 15 is 0 Å². The predicted octanol–water partition coefficient (Wildman–Crippen LogP) is 4.78. The maximum Gasteiger partial charge on any atom is 0.261 e. The third-order valence-corrected chi connectivity index (χ3v) is 3.93. The molecule has 0 heterocycles. The van der Waals surface area contributed by atoms with Gasteiger partial charge in [0, 0.05) is 16.6 Å². The molecule has 0 saturated heterocycles. The third-order valence-electron chi connectivity index (χ3n) is 3.49. The van der Waals surface area contributed by atoms with E-state index in [0.29, 0.717) is 28.8 Å². The summed E-state index contributed by atoms with van der Waals surface area (Å²) in [5, 5.41) is 3.86. The highest BCUT2D eigenvalue weighted by molar-refractivity contribution is 6.34. The molecule has 0 aliphatic carbocycles. The molecule has 2 aromatic carbocycles. The Morgan fingerprint density at radius 3 is 2.43 bits per heavy atom. The van der Waals surface area contributed by atoms with Crippen LogP contribution in [-0.4, -0.2) is 12.0 Å². The van der Waals surface area contributed by atoms with E-state index in [9.17, 15) is 4.79 Å². The van der Waals surface area contributed by atoms with Crippen molar-refractivity contribution in [2.24, 2.45) is 0 Å². The van der Waals surface area contributed by atoms with Crippen molar-refractivity contribution in [3.05, 3.63) is 63.6 Å². The van der Waals surface area contributed by atoms with Gasteiger partial charge in [0.15, 0.2) is 6.10 Å². The van der Waals surface area contributed by atoms with E-state index in [0.717, 1.165) is 11.1 Å². The second-order valence-corrected chi connectivity index (χ2v) is 6.14.